The third kappa shape index (κ3) is 7.51. The fraction of sp³-hybridized carbons (Fsp3) is 0.273. The molecule has 2 N–H and O–H groups in total. The van der Waals surface area contributed by atoms with E-state index in [0.717, 1.165) is 16.2 Å². The molecule has 0 aliphatic rings. The monoisotopic (exact) mass is 506 g/mol. The second-order valence-corrected chi connectivity index (χ2v) is 10.4. The second-order valence-electron chi connectivity index (χ2n) is 6.70. The Labute approximate surface area is 205 Å². The lowest BCUT2D eigenvalue weighted by molar-refractivity contribution is -0.116. The Morgan fingerprint density at radius 2 is 1.91 bits per heavy atom. The number of carbonyl (C=O) groups is 2. The number of aromatic nitrogens is 2. The van der Waals surface area contributed by atoms with E-state index in [1.807, 2.05) is 50.2 Å². The summed E-state index contributed by atoms with van der Waals surface area (Å²) in [4.78, 5) is 30.3. The molecule has 6 nitrogen and oxygen atoms in total. The molecule has 0 bridgehead atoms. The molecule has 2 amide bonds. The molecular weight excluding hydrogens is 484 g/mol. The minimum Gasteiger partial charge on any atom is -0.326 e. The van der Waals surface area contributed by atoms with E-state index in [1.54, 1.807) is 12.1 Å². The van der Waals surface area contributed by atoms with Gasteiger partial charge in [0, 0.05) is 27.1 Å². The zero-order valence-corrected chi connectivity index (χ0v) is 20.8. The van der Waals surface area contributed by atoms with Gasteiger partial charge in [-0.05, 0) is 48.1 Å². The first-order valence-electron chi connectivity index (χ1n) is 10.0. The highest BCUT2D eigenvalue weighted by atomic mass is 35.5. The van der Waals surface area contributed by atoms with Crippen molar-refractivity contribution in [3.05, 3.63) is 59.1 Å². The summed E-state index contributed by atoms with van der Waals surface area (Å²) < 4.78 is 4.23. The molecule has 1 unspecified atom stereocenters. The Morgan fingerprint density at radius 3 is 2.62 bits per heavy atom. The first-order chi connectivity index (χ1) is 15.5. The molecule has 1 heterocycles. The molecule has 0 radical (unpaired) electrons. The summed E-state index contributed by atoms with van der Waals surface area (Å²) in [5.74, 6) is 0.652. The quantitative estimate of drug-likeness (QED) is 0.328. The zero-order chi connectivity index (χ0) is 22.9. The Bertz CT molecular complexity index is 1060. The summed E-state index contributed by atoms with van der Waals surface area (Å²) in [6.07, 6.45) is 0.910. The lowest BCUT2D eigenvalue weighted by Crippen LogP contribution is -2.24. The number of thioether (sulfide) groups is 2. The van der Waals surface area contributed by atoms with E-state index in [9.17, 15) is 9.59 Å². The highest BCUT2D eigenvalue weighted by Crippen LogP contribution is 2.29. The predicted octanol–water partition coefficient (Wildman–Crippen LogP) is 5.99. The SMILES string of the molecule is CCSc1nsc(NC(=O)C(CC)Sc2cccc(NC(=O)Cc3ccc(Cl)cc3)c2)n1. The molecule has 0 saturated heterocycles. The van der Waals surface area contributed by atoms with Gasteiger partial charge in [-0.3, -0.25) is 14.9 Å². The molecule has 1 aromatic heterocycles. The topological polar surface area (TPSA) is 84.0 Å². The van der Waals surface area contributed by atoms with Crippen LogP contribution in [0.25, 0.3) is 0 Å². The molecular formula is C22H23ClN4O2S3. The molecule has 0 aliphatic carbocycles. The normalized spacial score (nSPS) is 11.7. The van der Waals surface area contributed by atoms with Crippen molar-refractivity contribution in [3.8, 4) is 0 Å². The van der Waals surface area contributed by atoms with Crippen molar-refractivity contribution in [3.63, 3.8) is 0 Å². The summed E-state index contributed by atoms with van der Waals surface area (Å²) in [6.45, 7) is 4.00. The summed E-state index contributed by atoms with van der Waals surface area (Å²) >= 11 is 10.1. The Hall–Kier alpha value is -2.07. The minimum absolute atomic E-state index is 0.112. The molecule has 168 valence electrons. The number of benzene rings is 2. The van der Waals surface area contributed by atoms with Crippen LogP contribution in [-0.2, 0) is 16.0 Å². The van der Waals surface area contributed by atoms with E-state index in [1.165, 1.54) is 35.1 Å². The van der Waals surface area contributed by atoms with Crippen LogP contribution in [0.1, 0.15) is 25.8 Å². The van der Waals surface area contributed by atoms with Crippen LogP contribution >= 0.6 is 46.7 Å². The first-order valence-corrected chi connectivity index (χ1v) is 13.1. The molecule has 0 fully saturated rings. The van der Waals surface area contributed by atoms with Crippen molar-refractivity contribution in [2.75, 3.05) is 16.4 Å². The smallest absolute Gasteiger partial charge is 0.239 e. The van der Waals surface area contributed by atoms with Gasteiger partial charge in [-0.1, -0.05) is 55.4 Å². The summed E-state index contributed by atoms with van der Waals surface area (Å²) in [7, 11) is 0. The van der Waals surface area contributed by atoms with Crippen molar-refractivity contribution in [1.82, 2.24) is 9.36 Å². The Balaban J connectivity index is 1.58. The fourth-order valence-corrected chi connectivity index (χ4v) is 5.17. The van der Waals surface area contributed by atoms with Gasteiger partial charge in [-0.2, -0.15) is 9.36 Å². The largest absolute Gasteiger partial charge is 0.326 e. The lowest BCUT2D eigenvalue weighted by atomic mass is 10.1. The number of hydrogen-bond acceptors (Lipinski definition) is 7. The predicted molar refractivity (Wildman–Crippen MR) is 135 cm³/mol. The Morgan fingerprint density at radius 1 is 1.12 bits per heavy atom. The average Bonchev–Trinajstić information content (AvgIpc) is 3.21. The van der Waals surface area contributed by atoms with Crippen LogP contribution in [0.4, 0.5) is 10.8 Å². The van der Waals surface area contributed by atoms with Gasteiger partial charge in [0.25, 0.3) is 0 Å². The van der Waals surface area contributed by atoms with E-state index in [2.05, 4.69) is 20.0 Å². The molecule has 3 aromatic rings. The summed E-state index contributed by atoms with van der Waals surface area (Å²) in [5, 5.41) is 7.31. The number of rotatable bonds is 10. The molecule has 10 heteroatoms. The van der Waals surface area contributed by atoms with E-state index >= 15 is 0 Å². The maximum atomic E-state index is 12.7. The molecule has 2 aromatic carbocycles. The number of amides is 2. The minimum atomic E-state index is -0.291. The maximum Gasteiger partial charge on any atom is 0.239 e. The number of anilines is 2. The van der Waals surface area contributed by atoms with E-state index < -0.39 is 0 Å². The number of nitrogens with zero attached hydrogens (tertiary/aromatic N) is 2. The molecule has 0 spiro atoms. The number of nitrogens with one attached hydrogen (secondary N) is 2. The fourth-order valence-electron chi connectivity index (χ4n) is 2.76. The van der Waals surface area contributed by atoms with E-state index in [0.29, 0.717) is 27.4 Å². The first kappa shape index (κ1) is 24.6. The van der Waals surface area contributed by atoms with E-state index in [-0.39, 0.29) is 23.5 Å². The van der Waals surface area contributed by atoms with Crippen molar-refractivity contribution < 1.29 is 9.59 Å². The van der Waals surface area contributed by atoms with Crippen molar-refractivity contribution in [1.29, 1.82) is 0 Å². The van der Waals surface area contributed by atoms with Gasteiger partial charge in [0.1, 0.15) is 0 Å². The van der Waals surface area contributed by atoms with Gasteiger partial charge < -0.3 is 5.32 Å². The molecule has 1 atom stereocenters. The highest BCUT2D eigenvalue weighted by Gasteiger charge is 2.20. The van der Waals surface area contributed by atoms with Gasteiger partial charge in [0.05, 0.1) is 11.7 Å². The number of halogens is 1. The van der Waals surface area contributed by atoms with Gasteiger partial charge in [0.2, 0.25) is 22.1 Å². The van der Waals surface area contributed by atoms with Crippen LogP contribution < -0.4 is 10.6 Å². The van der Waals surface area contributed by atoms with Crippen molar-refractivity contribution in [2.24, 2.45) is 0 Å². The zero-order valence-electron chi connectivity index (χ0n) is 17.6. The van der Waals surface area contributed by atoms with Crippen LogP contribution in [0.2, 0.25) is 5.02 Å². The van der Waals surface area contributed by atoms with Crippen molar-refractivity contribution in [2.45, 2.75) is 42.0 Å². The molecule has 32 heavy (non-hydrogen) atoms. The van der Waals surface area contributed by atoms with Crippen LogP contribution in [-0.4, -0.2) is 32.2 Å². The van der Waals surface area contributed by atoms with Crippen LogP contribution in [0, 0.1) is 0 Å². The number of hydrogen-bond donors (Lipinski definition) is 2. The number of carbonyl (C=O) groups excluding carboxylic acids is 2. The van der Waals surface area contributed by atoms with Crippen molar-refractivity contribution >= 4 is 69.3 Å². The van der Waals surface area contributed by atoms with Gasteiger partial charge >= 0.3 is 0 Å². The standard InChI is InChI=1S/C22H23ClN4O2S3/c1-3-18(20(29)25-21-26-22(27-32-21)30-4-2)31-17-7-5-6-16(13-17)24-19(28)12-14-8-10-15(23)11-9-14/h5-11,13,18H,3-4,12H2,1-2H3,(H,24,28)(H,25,26,27,29). The van der Waals surface area contributed by atoms with Crippen LogP contribution in [0.3, 0.4) is 0 Å². The van der Waals surface area contributed by atoms with Crippen LogP contribution in [0.15, 0.2) is 58.6 Å². The molecule has 0 saturated carbocycles. The second kappa shape index (κ2) is 12.2. The van der Waals surface area contributed by atoms with Gasteiger partial charge in [-0.15, -0.1) is 11.8 Å². The maximum absolute atomic E-state index is 12.7. The Kier molecular flexibility index (Phi) is 9.40. The van der Waals surface area contributed by atoms with Crippen LogP contribution in [0.5, 0.6) is 0 Å². The third-order valence-corrected chi connectivity index (χ3v) is 7.33. The van der Waals surface area contributed by atoms with E-state index in [4.69, 9.17) is 11.6 Å². The third-order valence-electron chi connectivity index (χ3n) is 4.25. The summed E-state index contributed by atoms with van der Waals surface area (Å²) in [6, 6.07) is 14.7. The highest BCUT2D eigenvalue weighted by molar-refractivity contribution is 8.00. The summed E-state index contributed by atoms with van der Waals surface area (Å²) in [5.41, 5.74) is 1.58. The van der Waals surface area contributed by atoms with Gasteiger partial charge in [-0.25, -0.2) is 0 Å². The molecule has 0 aliphatic heterocycles. The lowest BCUT2D eigenvalue weighted by Gasteiger charge is -2.14. The molecule has 3 rings (SSSR count). The average molecular weight is 507 g/mol. The van der Waals surface area contributed by atoms with Gasteiger partial charge in [0.15, 0.2) is 0 Å².